The zero-order valence-corrected chi connectivity index (χ0v) is 13.8. The van der Waals surface area contributed by atoms with Crippen LogP contribution in [0.25, 0.3) is 11.6 Å². The fourth-order valence-corrected chi connectivity index (χ4v) is 2.74. The smallest absolute Gasteiger partial charge is 0.324 e. The zero-order chi connectivity index (χ0) is 17.2. The maximum Gasteiger partial charge on any atom is 0.324 e. The first-order chi connectivity index (χ1) is 12.2. The van der Waals surface area contributed by atoms with E-state index >= 15 is 0 Å². The molecule has 128 valence electrons. The van der Waals surface area contributed by atoms with E-state index in [1.165, 1.54) is 0 Å². The van der Waals surface area contributed by atoms with E-state index in [0.29, 0.717) is 23.6 Å². The monoisotopic (exact) mass is 338 g/mol. The molecule has 0 spiro atoms. The third kappa shape index (κ3) is 3.08. The van der Waals surface area contributed by atoms with Crippen LogP contribution in [0.3, 0.4) is 0 Å². The first-order valence-electron chi connectivity index (χ1n) is 8.10. The van der Waals surface area contributed by atoms with Gasteiger partial charge in [0.25, 0.3) is 0 Å². The van der Waals surface area contributed by atoms with Gasteiger partial charge in [0.2, 0.25) is 23.5 Å². The van der Waals surface area contributed by atoms with E-state index in [-0.39, 0.29) is 5.95 Å². The molecule has 0 bridgehead atoms. The van der Waals surface area contributed by atoms with Crippen LogP contribution in [0.1, 0.15) is 12.8 Å². The van der Waals surface area contributed by atoms with Crippen LogP contribution in [0.15, 0.2) is 34.9 Å². The normalized spacial score (nSPS) is 14.0. The van der Waals surface area contributed by atoms with Gasteiger partial charge in [0.05, 0.1) is 0 Å². The molecule has 1 fully saturated rings. The summed E-state index contributed by atoms with van der Waals surface area (Å²) in [5, 5.41) is 3.99. The van der Waals surface area contributed by atoms with E-state index in [0.717, 1.165) is 31.6 Å². The van der Waals surface area contributed by atoms with Gasteiger partial charge in [-0.3, -0.25) is 0 Å². The molecular weight excluding hydrogens is 320 g/mol. The molecule has 25 heavy (non-hydrogen) atoms. The third-order valence-corrected chi connectivity index (χ3v) is 4.08. The standard InChI is InChI=1S/C16H18N8O/c1-23(11-7-3-2-4-8-11)15-19-12(18-14(17)21-15)13-20-16(25-22-13)24-9-5-6-10-24/h2-4,7-8H,5-6,9-10H2,1H3,(H2,17,18,19,21). The maximum absolute atomic E-state index is 5.86. The fourth-order valence-electron chi connectivity index (χ4n) is 2.74. The first kappa shape index (κ1) is 15.3. The average Bonchev–Trinajstić information content (AvgIpc) is 3.32. The predicted octanol–water partition coefficient (Wildman–Crippen LogP) is 1.87. The molecule has 3 aromatic rings. The number of para-hydroxylation sites is 1. The number of anilines is 4. The van der Waals surface area contributed by atoms with E-state index in [1.54, 1.807) is 0 Å². The van der Waals surface area contributed by atoms with Crippen molar-refractivity contribution in [3.8, 4) is 11.6 Å². The summed E-state index contributed by atoms with van der Waals surface area (Å²) in [5.74, 6) is 1.12. The van der Waals surface area contributed by atoms with Gasteiger partial charge in [-0.15, -0.1) is 0 Å². The lowest BCUT2D eigenvalue weighted by molar-refractivity contribution is 0.419. The predicted molar refractivity (Wildman–Crippen MR) is 93.5 cm³/mol. The number of benzene rings is 1. The number of nitrogens with two attached hydrogens (primary N) is 1. The summed E-state index contributed by atoms with van der Waals surface area (Å²) in [7, 11) is 1.86. The summed E-state index contributed by atoms with van der Waals surface area (Å²) in [6.45, 7) is 1.84. The van der Waals surface area contributed by atoms with Crippen LogP contribution in [0.5, 0.6) is 0 Å². The molecule has 1 aromatic carbocycles. The molecule has 4 rings (SSSR count). The summed E-state index contributed by atoms with van der Waals surface area (Å²) in [5.41, 5.74) is 6.79. The van der Waals surface area contributed by atoms with Crippen molar-refractivity contribution in [3.05, 3.63) is 30.3 Å². The largest absolute Gasteiger partial charge is 0.368 e. The quantitative estimate of drug-likeness (QED) is 0.762. The minimum atomic E-state index is 0.107. The summed E-state index contributed by atoms with van der Waals surface area (Å²) < 4.78 is 5.34. The van der Waals surface area contributed by atoms with Crippen molar-refractivity contribution in [1.82, 2.24) is 25.1 Å². The van der Waals surface area contributed by atoms with Crippen molar-refractivity contribution >= 4 is 23.6 Å². The summed E-state index contributed by atoms with van der Waals surface area (Å²) in [4.78, 5) is 21.1. The molecule has 0 saturated carbocycles. The molecule has 0 amide bonds. The molecule has 2 N–H and O–H groups in total. The maximum atomic E-state index is 5.86. The second-order valence-electron chi connectivity index (χ2n) is 5.81. The highest BCUT2D eigenvalue weighted by Crippen LogP contribution is 2.24. The van der Waals surface area contributed by atoms with Gasteiger partial charge in [-0.2, -0.15) is 19.9 Å². The van der Waals surface area contributed by atoms with Gasteiger partial charge in [0.1, 0.15) is 0 Å². The van der Waals surface area contributed by atoms with Crippen LogP contribution in [0, 0.1) is 0 Å². The number of hydrogen-bond acceptors (Lipinski definition) is 9. The summed E-state index contributed by atoms with van der Waals surface area (Å²) in [6, 6.07) is 10.2. The number of nitrogen functional groups attached to an aromatic ring is 1. The van der Waals surface area contributed by atoms with Crippen LogP contribution in [0.4, 0.5) is 23.6 Å². The summed E-state index contributed by atoms with van der Waals surface area (Å²) in [6.07, 6.45) is 2.25. The van der Waals surface area contributed by atoms with Crippen LogP contribution in [-0.4, -0.2) is 45.2 Å². The summed E-state index contributed by atoms with van der Waals surface area (Å²) >= 11 is 0. The second kappa shape index (κ2) is 6.34. The highest BCUT2D eigenvalue weighted by atomic mass is 16.5. The van der Waals surface area contributed by atoms with E-state index in [2.05, 4.69) is 30.0 Å². The van der Waals surface area contributed by atoms with Crippen LogP contribution in [-0.2, 0) is 0 Å². The molecule has 1 aliphatic rings. The Bertz CT molecular complexity index is 860. The van der Waals surface area contributed by atoms with Crippen LogP contribution < -0.4 is 15.5 Å². The second-order valence-corrected chi connectivity index (χ2v) is 5.81. The van der Waals surface area contributed by atoms with E-state index < -0.39 is 0 Å². The Hall–Kier alpha value is -3.23. The van der Waals surface area contributed by atoms with Gasteiger partial charge < -0.3 is 20.1 Å². The molecule has 0 aliphatic carbocycles. The van der Waals surface area contributed by atoms with Crippen molar-refractivity contribution in [3.63, 3.8) is 0 Å². The number of nitrogens with zero attached hydrogens (tertiary/aromatic N) is 7. The van der Waals surface area contributed by atoms with Crippen LogP contribution >= 0.6 is 0 Å². The highest BCUT2D eigenvalue weighted by molar-refractivity contribution is 5.59. The van der Waals surface area contributed by atoms with E-state index in [4.69, 9.17) is 10.3 Å². The topological polar surface area (TPSA) is 110 Å². The first-order valence-corrected chi connectivity index (χ1v) is 8.10. The highest BCUT2D eigenvalue weighted by Gasteiger charge is 2.21. The fraction of sp³-hybridized carbons (Fsp3) is 0.312. The van der Waals surface area contributed by atoms with Crippen LogP contribution in [0.2, 0.25) is 0 Å². The van der Waals surface area contributed by atoms with Crippen molar-refractivity contribution in [2.24, 2.45) is 0 Å². The molecule has 9 nitrogen and oxygen atoms in total. The Morgan fingerprint density at radius 2 is 1.76 bits per heavy atom. The third-order valence-electron chi connectivity index (χ3n) is 4.08. The van der Waals surface area contributed by atoms with Crippen molar-refractivity contribution in [2.75, 3.05) is 35.7 Å². The molecule has 0 atom stereocenters. The van der Waals surface area contributed by atoms with E-state index in [1.807, 2.05) is 42.3 Å². The Morgan fingerprint density at radius 3 is 2.52 bits per heavy atom. The SMILES string of the molecule is CN(c1ccccc1)c1nc(N)nc(-c2noc(N3CCCC3)n2)n1. The van der Waals surface area contributed by atoms with Crippen molar-refractivity contribution in [2.45, 2.75) is 12.8 Å². The molecule has 9 heteroatoms. The zero-order valence-electron chi connectivity index (χ0n) is 13.8. The molecule has 0 radical (unpaired) electrons. The number of aromatic nitrogens is 5. The Balaban J connectivity index is 1.65. The van der Waals surface area contributed by atoms with Gasteiger partial charge >= 0.3 is 6.01 Å². The van der Waals surface area contributed by atoms with Gasteiger partial charge in [0, 0.05) is 25.8 Å². The Morgan fingerprint density at radius 1 is 1.00 bits per heavy atom. The number of rotatable bonds is 4. The minimum absolute atomic E-state index is 0.107. The van der Waals surface area contributed by atoms with Gasteiger partial charge in [-0.25, -0.2) is 0 Å². The molecule has 1 aliphatic heterocycles. The molecule has 1 saturated heterocycles. The Kier molecular flexibility index (Phi) is 3.88. The van der Waals surface area contributed by atoms with Crippen molar-refractivity contribution < 1.29 is 4.52 Å². The minimum Gasteiger partial charge on any atom is -0.368 e. The van der Waals surface area contributed by atoms with E-state index in [9.17, 15) is 0 Å². The average molecular weight is 338 g/mol. The Labute approximate surface area is 144 Å². The molecule has 3 heterocycles. The molecule has 0 unspecified atom stereocenters. The van der Waals surface area contributed by atoms with Crippen molar-refractivity contribution in [1.29, 1.82) is 0 Å². The van der Waals surface area contributed by atoms with Gasteiger partial charge in [-0.05, 0) is 25.0 Å². The van der Waals surface area contributed by atoms with Gasteiger partial charge in [0.15, 0.2) is 0 Å². The lowest BCUT2D eigenvalue weighted by Gasteiger charge is -2.17. The molecular formula is C16H18N8O. The lowest BCUT2D eigenvalue weighted by Crippen LogP contribution is -2.18. The molecule has 2 aromatic heterocycles. The lowest BCUT2D eigenvalue weighted by atomic mass is 10.3. The van der Waals surface area contributed by atoms with Gasteiger partial charge in [-0.1, -0.05) is 23.4 Å². The number of hydrogen-bond donors (Lipinski definition) is 1.